The van der Waals surface area contributed by atoms with Crippen molar-refractivity contribution in [2.24, 2.45) is 0 Å². The fourth-order valence-electron chi connectivity index (χ4n) is 2.18. The quantitative estimate of drug-likeness (QED) is 0.826. The highest BCUT2D eigenvalue weighted by Gasteiger charge is 2.17. The van der Waals surface area contributed by atoms with Crippen molar-refractivity contribution in [2.75, 3.05) is 0 Å². The minimum absolute atomic E-state index is 0.924. The summed E-state index contributed by atoms with van der Waals surface area (Å²) in [6, 6.07) is 0. The van der Waals surface area contributed by atoms with Crippen LogP contribution in [-0.4, -0.2) is 9.97 Å². The van der Waals surface area contributed by atoms with Crippen LogP contribution < -0.4 is 5.32 Å². The van der Waals surface area contributed by atoms with Gasteiger partial charge in [-0.15, -0.1) is 0 Å². The van der Waals surface area contributed by atoms with Gasteiger partial charge in [0, 0.05) is 30.8 Å². The van der Waals surface area contributed by atoms with Crippen LogP contribution in [0.5, 0.6) is 0 Å². The van der Waals surface area contributed by atoms with E-state index in [0.717, 1.165) is 38.2 Å². The number of nitrogens with one attached hydrogen (secondary N) is 1. The number of nitrogens with zero attached hydrogens (tertiary/aromatic N) is 2. The molecule has 3 nitrogen and oxygen atoms in total. The molecule has 0 atom stereocenters. The van der Waals surface area contributed by atoms with Crippen LogP contribution in [0.2, 0.25) is 0 Å². The van der Waals surface area contributed by atoms with Crippen molar-refractivity contribution >= 4 is 0 Å². The van der Waals surface area contributed by atoms with E-state index in [2.05, 4.69) is 24.1 Å². The molecule has 0 saturated carbocycles. The summed E-state index contributed by atoms with van der Waals surface area (Å²) in [4.78, 5) is 9.38. The van der Waals surface area contributed by atoms with Gasteiger partial charge in [0.2, 0.25) is 0 Å². The van der Waals surface area contributed by atoms with Crippen LogP contribution in [0.25, 0.3) is 0 Å². The Balaban J connectivity index is 2.24. The van der Waals surface area contributed by atoms with Gasteiger partial charge in [0.15, 0.2) is 0 Å². The number of fused-ring (bicyclic) bond motifs is 1. The molecule has 1 aliphatic heterocycles. The normalized spacial score (nSPS) is 14.1. The summed E-state index contributed by atoms with van der Waals surface area (Å²) in [5.74, 6) is 1.05. The van der Waals surface area contributed by atoms with Crippen LogP contribution in [0.4, 0.5) is 0 Å². The van der Waals surface area contributed by atoms with Crippen molar-refractivity contribution in [1.29, 1.82) is 0 Å². The molecule has 0 unspecified atom stereocenters. The van der Waals surface area contributed by atoms with Crippen molar-refractivity contribution in [3.63, 3.8) is 0 Å². The summed E-state index contributed by atoms with van der Waals surface area (Å²) in [6.07, 6.45) is 5.68. The lowest BCUT2D eigenvalue weighted by atomic mass is 10.1. The molecule has 88 valence electrons. The molecule has 0 spiro atoms. The molecule has 0 fully saturated rings. The molecule has 1 aliphatic rings. The highest BCUT2D eigenvalue weighted by molar-refractivity contribution is 5.29. The third-order valence-corrected chi connectivity index (χ3v) is 3.06. The Morgan fingerprint density at radius 3 is 2.69 bits per heavy atom. The molecule has 0 saturated heterocycles. The van der Waals surface area contributed by atoms with Crippen molar-refractivity contribution in [2.45, 2.75) is 59.0 Å². The first-order valence-electron chi connectivity index (χ1n) is 6.43. The highest BCUT2D eigenvalue weighted by Crippen LogP contribution is 2.18. The zero-order valence-corrected chi connectivity index (χ0v) is 10.3. The summed E-state index contributed by atoms with van der Waals surface area (Å²) in [5.41, 5.74) is 3.88. The Hall–Kier alpha value is -0.960. The van der Waals surface area contributed by atoms with E-state index in [1.165, 1.54) is 29.8 Å². The third-order valence-electron chi connectivity index (χ3n) is 3.06. The fraction of sp³-hybridized carbons (Fsp3) is 0.692. The molecule has 0 bridgehead atoms. The van der Waals surface area contributed by atoms with Crippen molar-refractivity contribution < 1.29 is 0 Å². The van der Waals surface area contributed by atoms with E-state index in [9.17, 15) is 0 Å². The van der Waals surface area contributed by atoms with E-state index in [4.69, 9.17) is 4.98 Å². The molecule has 2 heterocycles. The van der Waals surface area contributed by atoms with Crippen LogP contribution in [0.1, 0.15) is 55.9 Å². The molecule has 16 heavy (non-hydrogen) atoms. The maximum absolute atomic E-state index is 4.72. The van der Waals surface area contributed by atoms with Crippen LogP contribution >= 0.6 is 0 Å². The maximum Gasteiger partial charge on any atom is 0.128 e. The molecule has 1 aromatic heterocycles. The SMILES string of the molecule is CCCCc1nc(CCC)c2c(n1)CNC2. The molecule has 1 N–H and O–H groups in total. The third kappa shape index (κ3) is 2.40. The van der Waals surface area contributed by atoms with Gasteiger partial charge < -0.3 is 5.32 Å². The lowest BCUT2D eigenvalue weighted by Gasteiger charge is -2.08. The van der Waals surface area contributed by atoms with Gasteiger partial charge in [-0.25, -0.2) is 9.97 Å². The van der Waals surface area contributed by atoms with Gasteiger partial charge in [0.25, 0.3) is 0 Å². The largest absolute Gasteiger partial charge is 0.307 e. The second kappa shape index (κ2) is 5.39. The second-order valence-corrected chi connectivity index (χ2v) is 4.47. The predicted octanol–water partition coefficient (Wildman–Crippen LogP) is 2.37. The van der Waals surface area contributed by atoms with Gasteiger partial charge in [-0.05, 0) is 12.8 Å². The number of aryl methyl sites for hydroxylation is 2. The van der Waals surface area contributed by atoms with E-state index in [1.54, 1.807) is 0 Å². The average molecular weight is 219 g/mol. The van der Waals surface area contributed by atoms with Gasteiger partial charge >= 0.3 is 0 Å². The first kappa shape index (κ1) is 11.5. The molecule has 0 aliphatic carbocycles. The first-order chi connectivity index (χ1) is 7.85. The number of aromatic nitrogens is 2. The Morgan fingerprint density at radius 1 is 1.06 bits per heavy atom. The predicted molar refractivity (Wildman–Crippen MR) is 65.2 cm³/mol. The zero-order chi connectivity index (χ0) is 11.4. The maximum atomic E-state index is 4.72. The van der Waals surface area contributed by atoms with Gasteiger partial charge in [-0.1, -0.05) is 26.7 Å². The second-order valence-electron chi connectivity index (χ2n) is 4.47. The topological polar surface area (TPSA) is 37.8 Å². The van der Waals surface area contributed by atoms with E-state index >= 15 is 0 Å². The highest BCUT2D eigenvalue weighted by atomic mass is 15.0. The summed E-state index contributed by atoms with van der Waals surface area (Å²) in [6.45, 7) is 6.30. The number of rotatable bonds is 5. The molecule has 1 aromatic rings. The van der Waals surface area contributed by atoms with Gasteiger partial charge in [0.1, 0.15) is 5.82 Å². The Bertz CT molecular complexity index is 360. The molecule has 0 amide bonds. The van der Waals surface area contributed by atoms with Crippen molar-refractivity contribution in [1.82, 2.24) is 15.3 Å². The first-order valence-corrected chi connectivity index (χ1v) is 6.43. The average Bonchev–Trinajstić information content (AvgIpc) is 2.75. The van der Waals surface area contributed by atoms with Crippen molar-refractivity contribution in [3.8, 4) is 0 Å². The minimum atomic E-state index is 0.924. The Kier molecular flexibility index (Phi) is 3.88. The van der Waals surface area contributed by atoms with Crippen LogP contribution in [0.15, 0.2) is 0 Å². The monoisotopic (exact) mass is 219 g/mol. The summed E-state index contributed by atoms with van der Waals surface area (Å²) >= 11 is 0. The van der Waals surface area contributed by atoms with E-state index in [1.807, 2.05) is 0 Å². The van der Waals surface area contributed by atoms with Gasteiger partial charge in [0.05, 0.1) is 5.69 Å². The van der Waals surface area contributed by atoms with Crippen LogP contribution in [-0.2, 0) is 25.9 Å². The Morgan fingerprint density at radius 2 is 1.94 bits per heavy atom. The Labute approximate surface area is 97.7 Å². The summed E-state index contributed by atoms with van der Waals surface area (Å²) < 4.78 is 0. The minimum Gasteiger partial charge on any atom is -0.307 e. The number of hydrogen-bond donors (Lipinski definition) is 1. The van der Waals surface area contributed by atoms with Crippen LogP contribution in [0.3, 0.4) is 0 Å². The molecule has 0 aromatic carbocycles. The number of unbranched alkanes of at least 4 members (excludes halogenated alkanes) is 1. The molecule has 0 radical (unpaired) electrons. The number of hydrogen-bond acceptors (Lipinski definition) is 3. The standard InChI is InChI=1S/C13H21N3/c1-3-5-7-13-15-11(6-4-2)10-8-14-9-12(10)16-13/h14H,3-9H2,1-2H3. The molecule has 3 heteroatoms. The van der Waals surface area contributed by atoms with E-state index < -0.39 is 0 Å². The zero-order valence-electron chi connectivity index (χ0n) is 10.3. The van der Waals surface area contributed by atoms with E-state index in [0.29, 0.717) is 0 Å². The van der Waals surface area contributed by atoms with Crippen molar-refractivity contribution in [3.05, 3.63) is 22.8 Å². The van der Waals surface area contributed by atoms with E-state index in [-0.39, 0.29) is 0 Å². The van der Waals surface area contributed by atoms with Gasteiger partial charge in [-0.2, -0.15) is 0 Å². The lowest BCUT2D eigenvalue weighted by Crippen LogP contribution is -2.06. The summed E-state index contributed by atoms with van der Waals surface area (Å²) in [7, 11) is 0. The van der Waals surface area contributed by atoms with Gasteiger partial charge in [-0.3, -0.25) is 0 Å². The van der Waals surface area contributed by atoms with Crippen LogP contribution in [0, 0.1) is 0 Å². The smallest absolute Gasteiger partial charge is 0.128 e. The molecular weight excluding hydrogens is 198 g/mol. The fourth-order valence-corrected chi connectivity index (χ4v) is 2.18. The molecule has 2 rings (SSSR count). The molecular formula is C13H21N3. The lowest BCUT2D eigenvalue weighted by molar-refractivity contribution is 0.727. The summed E-state index contributed by atoms with van der Waals surface area (Å²) in [5, 5.41) is 3.37.